The zero-order valence-electron chi connectivity index (χ0n) is 9.15. The minimum atomic E-state index is -0.870. The summed E-state index contributed by atoms with van der Waals surface area (Å²) in [6, 6.07) is 0. The molecule has 0 aliphatic carbocycles. The number of carbonyl (C=O) groups excluding carboxylic acids is 1. The van der Waals surface area contributed by atoms with Crippen LogP contribution in [0.2, 0.25) is 0 Å². The first-order chi connectivity index (χ1) is 7.18. The summed E-state index contributed by atoms with van der Waals surface area (Å²) >= 11 is 0. The van der Waals surface area contributed by atoms with Crippen LogP contribution >= 0.6 is 0 Å². The second-order valence-electron chi connectivity index (χ2n) is 3.66. The van der Waals surface area contributed by atoms with Crippen LogP contribution in [0.1, 0.15) is 12.8 Å². The van der Waals surface area contributed by atoms with Gasteiger partial charge < -0.3 is 14.8 Å². The second-order valence-corrected chi connectivity index (χ2v) is 3.66. The van der Waals surface area contributed by atoms with Gasteiger partial charge in [0, 0.05) is 20.2 Å². The first-order valence-electron chi connectivity index (χ1n) is 4.91. The molecule has 88 valence electrons. The molecule has 15 heavy (non-hydrogen) atoms. The average Bonchev–Trinajstić information content (AvgIpc) is 2.29. The second kappa shape index (κ2) is 5.53. The number of piperidine rings is 1. The number of hydroxylamine groups is 3. The van der Waals surface area contributed by atoms with Gasteiger partial charge in [0.15, 0.2) is 5.78 Å². The lowest BCUT2D eigenvalue weighted by atomic mass is 9.85. The Kier molecular flexibility index (Phi) is 4.62. The predicted octanol–water partition coefficient (Wildman–Crippen LogP) is -0.423. The van der Waals surface area contributed by atoms with Crippen molar-refractivity contribution in [2.24, 2.45) is 0 Å². The van der Waals surface area contributed by atoms with E-state index in [1.54, 1.807) is 12.2 Å². The molecule has 0 bridgehead atoms. The Morgan fingerprint density at radius 1 is 1.47 bits per heavy atom. The molecule has 2 N–H and O–H groups in total. The number of nitrogens with zero attached hydrogens (tertiary/aromatic N) is 1. The maximum absolute atomic E-state index is 11.7. The van der Waals surface area contributed by atoms with Gasteiger partial charge in [-0.15, -0.1) is 0 Å². The van der Waals surface area contributed by atoms with Gasteiger partial charge in [-0.1, -0.05) is 0 Å². The van der Waals surface area contributed by atoms with Crippen LogP contribution in [0, 0.1) is 0 Å². The Hall–Kier alpha value is -0.530. The number of nitrogens with one attached hydrogen (secondary N) is 1. The molecule has 0 saturated carbocycles. The fourth-order valence-electron chi connectivity index (χ4n) is 1.77. The van der Waals surface area contributed by atoms with Crippen LogP contribution in [0.25, 0.3) is 0 Å². The summed E-state index contributed by atoms with van der Waals surface area (Å²) < 4.78 is 4.79. The van der Waals surface area contributed by atoms with Crippen LogP contribution in [0.4, 0.5) is 0 Å². The highest BCUT2D eigenvalue weighted by Crippen LogP contribution is 2.23. The van der Waals surface area contributed by atoms with Crippen molar-refractivity contribution in [1.82, 2.24) is 10.5 Å². The number of Topliss-reactive ketones (excluding diaryl/α,β-unsaturated/α-hetero) is 1. The lowest BCUT2D eigenvalue weighted by Crippen LogP contribution is -2.58. The molecule has 1 fully saturated rings. The molecule has 0 spiro atoms. The maximum Gasteiger partial charge on any atom is 0.180 e. The molecule has 0 atom stereocenters. The minimum Gasteiger partial charge on any atom is -0.377 e. The molecule has 0 amide bonds. The van der Waals surface area contributed by atoms with Gasteiger partial charge in [-0.3, -0.25) is 4.79 Å². The highest BCUT2D eigenvalue weighted by atomic mass is 16.7. The van der Waals surface area contributed by atoms with E-state index >= 15 is 0 Å². The van der Waals surface area contributed by atoms with Crippen LogP contribution in [0.3, 0.4) is 0 Å². The number of carbonyl (C=O) groups is 1. The molecule has 1 saturated heterocycles. The van der Waals surface area contributed by atoms with Crippen LogP contribution in [-0.2, 0) is 14.4 Å². The molecule has 0 radical (unpaired) electrons. The van der Waals surface area contributed by atoms with Gasteiger partial charge >= 0.3 is 0 Å². The highest BCUT2D eigenvalue weighted by Gasteiger charge is 2.40. The molecule has 0 aromatic carbocycles. The van der Waals surface area contributed by atoms with Gasteiger partial charge in [0.1, 0.15) is 12.1 Å². The van der Waals surface area contributed by atoms with Gasteiger partial charge in [-0.2, -0.15) is 10.5 Å². The van der Waals surface area contributed by atoms with Crippen LogP contribution in [-0.4, -0.2) is 55.5 Å². The molecule has 0 unspecified atom stereocenters. The molecule has 6 heteroatoms. The van der Waals surface area contributed by atoms with Gasteiger partial charge in [-0.05, 0) is 12.8 Å². The smallest absolute Gasteiger partial charge is 0.180 e. The van der Waals surface area contributed by atoms with Gasteiger partial charge in [-0.25, -0.2) is 0 Å². The minimum absolute atomic E-state index is 0.0144. The summed E-state index contributed by atoms with van der Waals surface area (Å²) in [6.45, 7) is 1.24. The topological polar surface area (TPSA) is 71.0 Å². The summed E-state index contributed by atoms with van der Waals surface area (Å²) in [6.07, 6.45) is 1.03. The zero-order chi connectivity index (χ0) is 11.3. The molecule has 0 aromatic rings. The van der Waals surface area contributed by atoms with Crippen molar-refractivity contribution in [2.45, 2.75) is 18.4 Å². The Balaban J connectivity index is 2.59. The quantitative estimate of drug-likeness (QED) is 0.611. The van der Waals surface area contributed by atoms with E-state index in [-0.39, 0.29) is 12.4 Å². The lowest BCUT2D eigenvalue weighted by molar-refractivity contribution is -0.168. The predicted molar refractivity (Wildman–Crippen MR) is 52.4 cm³/mol. The van der Waals surface area contributed by atoms with Crippen LogP contribution in [0.5, 0.6) is 0 Å². The molecule has 1 heterocycles. The first-order valence-corrected chi connectivity index (χ1v) is 4.91. The largest absolute Gasteiger partial charge is 0.377 e. The SMILES string of the molecule is COCC(=O)C1(NO)CCN(OC)CC1. The van der Waals surface area contributed by atoms with E-state index < -0.39 is 5.54 Å². The normalized spacial score (nSPS) is 21.5. The van der Waals surface area contributed by atoms with Crippen molar-refractivity contribution in [3.63, 3.8) is 0 Å². The fraction of sp³-hybridized carbons (Fsp3) is 0.889. The molecule has 1 aliphatic heterocycles. The number of methoxy groups -OCH3 is 1. The third-order valence-corrected chi connectivity index (χ3v) is 2.86. The Bertz CT molecular complexity index is 214. The maximum atomic E-state index is 11.7. The lowest BCUT2D eigenvalue weighted by Gasteiger charge is -2.38. The van der Waals surface area contributed by atoms with E-state index in [9.17, 15) is 4.79 Å². The van der Waals surface area contributed by atoms with E-state index in [0.29, 0.717) is 25.9 Å². The van der Waals surface area contributed by atoms with Crippen molar-refractivity contribution in [3.05, 3.63) is 0 Å². The summed E-state index contributed by atoms with van der Waals surface area (Å²) in [5.41, 5.74) is 1.26. The van der Waals surface area contributed by atoms with Gasteiger partial charge in [0.05, 0.1) is 7.11 Å². The fourth-order valence-corrected chi connectivity index (χ4v) is 1.77. The Labute approximate surface area is 89.1 Å². The van der Waals surface area contributed by atoms with E-state index in [0.717, 1.165) is 0 Å². The third-order valence-electron chi connectivity index (χ3n) is 2.86. The van der Waals surface area contributed by atoms with Crippen molar-refractivity contribution in [2.75, 3.05) is 33.9 Å². The first kappa shape index (κ1) is 12.5. The van der Waals surface area contributed by atoms with Crippen LogP contribution < -0.4 is 5.48 Å². The zero-order valence-corrected chi connectivity index (χ0v) is 9.15. The monoisotopic (exact) mass is 218 g/mol. The molecule has 0 aromatic heterocycles. The van der Waals surface area contributed by atoms with E-state index in [4.69, 9.17) is 14.8 Å². The van der Waals surface area contributed by atoms with Crippen molar-refractivity contribution in [3.8, 4) is 0 Å². The summed E-state index contributed by atoms with van der Waals surface area (Å²) in [4.78, 5) is 16.8. The van der Waals surface area contributed by atoms with Crippen molar-refractivity contribution >= 4 is 5.78 Å². The summed E-state index contributed by atoms with van der Waals surface area (Å²) in [5, 5.41) is 10.9. The molecule has 1 rings (SSSR count). The molecular weight excluding hydrogens is 200 g/mol. The highest BCUT2D eigenvalue weighted by molar-refractivity contribution is 5.89. The standard InChI is InChI=1S/C9H18N2O4/c1-14-7-8(12)9(10-13)3-5-11(15-2)6-4-9/h10,13H,3-7H2,1-2H3. The van der Waals surface area contributed by atoms with Gasteiger partial charge in [0.2, 0.25) is 0 Å². The van der Waals surface area contributed by atoms with Crippen molar-refractivity contribution in [1.29, 1.82) is 0 Å². The number of hydrogen-bond acceptors (Lipinski definition) is 6. The summed E-state index contributed by atoms with van der Waals surface area (Å²) in [7, 11) is 3.06. The molecular formula is C9H18N2O4. The molecule has 6 nitrogen and oxygen atoms in total. The molecule has 1 aliphatic rings. The van der Waals surface area contributed by atoms with Crippen molar-refractivity contribution < 1.29 is 19.6 Å². The van der Waals surface area contributed by atoms with Gasteiger partial charge in [0.25, 0.3) is 0 Å². The Morgan fingerprint density at radius 3 is 2.47 bits per heavy atom. The third kappa shape index (κ3) is 2.73. The Morgan fingerprint density at radius 2 is 2.07 bits per heavy atom. The number of rotatable bonds is 5. The van der Waals surface area contributed by atoms with Crippen LogP contribution in [0.15, 0.2) is 0 Å². The number of hydrogen-bond donors (Lipinski definition) is 2. The number of ketones is 1. The average molecular weight is 218 g/mol. The summed E-state index contributed by atoms with van der Waals surface area (Å²) in [5.74, 6) is -0.122. The van der Waals surface area contributed by atoms with E-state index in [2.05, 4.69) is 5.48 Å². The van der Waals surface area contributed by atoms with E-state index in [1.807, 2.05) is 0 Å². The van der Waals surface area contributed by atoms with E-state index in [1.165, 1.54) is 7.11 Å². The number of ether oxygens (including phenoxy) is 1.